The monoisotopic (exact) mass is 626 g/mol. The fraction of sp³-hybridized carbons (Fsp3) is 0.459. The molecule has 0 fully saturated rings. The Balaban J connectivity index is 1.48. The van der Waals surface area contributed by atoms with Crippen molar-refractivity contribution in [2.24, 2.45) is 17.3 Å². The Labute approximate surface area is 273 Å². The van der Waals surface area contributed by atoms with Crippen LogP contribution in [0.15, 0.2) is 60.9 Å². The van der Waals surface area contributed by atoms with Crippen molar-refractivity contribution in [2.75, 3.05) is 0 Å². The van der Waals surface area contributed by atoms with E-state index in [-0.39, 0.29) is 23.8 Å². The molecule has 0 radical (unpaired) electrons. The van der Waals surface area contributed by atoms with E-state index in [1.165, 1.54) is 0 Å². The van der Waals surface area contributed by atoms with Crippen molar-refractivity contribution in [3.63, 3.8) is 0 Å². The minimum atomic E-state index is -0.635. The van der Waals surface area contributed by atoms with Crippen molar-refractivity contribution >= 4 is 12.0 Å². The van der Waals surface area contributed by atoms with Crippen LogP contribution in [0.1, 0.15) is 93.9 Å². The van der Waals surface area contributed by atoms with E-state index >= 15 is 0 Å². The van der Waals surface area contributed by atoms with E-state index < -0.39 is 22.6 Å². The van der Waals surface area contributed by atoms with Crippen molar-refractivity contribution in [2.45, 2.75) is 93.3 Å². The lowest BCUT2D eigenvalue weighted by Gasteiger charge is -2.35. The van der Waals surface area contributed by atoms with Gasteiger partial charge in [-0.2, -0.15) is 0 Å². The molecule has 0 unspecified atom stereocenters. The fourth-order valence-electron chi connectivity index (χ4n) is 4.94. The summed E-state index contributed by atoms with van der Waals surface area (Å²) in [4.78, 5) is 41.4. The SMILES string of the molecule is CC(C)[C@H](NC(=O)OC(C)(C)C)c1ncc(-c2ccc(-c3ccc(-c4cnc([C@](C)(NC(=O)C(C)(C)C)C(C)C)[nH]4)cc3)cc2)[nH]1. The molecule has 9 nitrogen and oxygen atoms in total. The summed E-state index contributed by atoms with van der Waals surface area (Å²) in [5, 5.41) is 6.18. The number of aromatic nitrogens is 4. The molecule has 2 atom stereocenters. The summed E-state index contributed by atoms with van der Waals surface area (Å²) in [5.41, 5.74) is 4.23. The molecule has 2 amide bonds. The third kappa shape index (κ3) is 8.05. The first kappa shape index (κ1) is 34.5. The van der Waals surface area contributed by atoms with Gasteiger partial charge in [0.15, 0.2) is 0 Å². The Morgan fingerprint density at radius 2 is 1.20 bits per heavy atom. The zero-order chi connectivity index (χ0) is 34.0. The number of amides is 2. The smallest absolute Gasteiger partial charge is 0.408 e. The Morgan fingerprint density at radius 1 is 0.717 bits per heavy atom. The number of nitrogens with one attached hydrogen (secondary N) is 4. The van der Waals surface area contributed by atoms with Gasteiger partial charge in [0.05, 0.1) is 35.4 Å². The second kappa shape index (κ2) is 13.1. The highest BCUT2D eigenvalue weighted by Gasteiger charge is 2.38. The largest absolute Gasteiger partial charge is 0.444 e. The zero-order valence-corrected chi connectivity index (χ0v) is 29.1. The van der Waals surface area contributed by atoms with Crippen LogP contribution >= 0.6 is 0 Å². The second-order valence-corrected chi connectivity index (χ2v) is 14.9. The van der Waals surface area contributed by atoms with Crippen LogP contribution in [-0.2, 0) is 15.1 Å². The van der Waals surface area contributed by atoms with Crippen molar-refractivity contribution in [3.8, 4) is 33.6 Å². The van der Waals surface area contributed by atoms with Crippen LogP contribution in [0.5, 0.6) is 0 Å². The number of nitrogens with zero attached hydrogens (tertiary/aromatic N) is 2. The van der Waals surface area contributed by atoms with Gasteiger partial charge >= 0.3 is 6.09 Å². The molecule has 0 spiro atoms. The van der Waals surface area contributed by atoms with Gasteiger partial charge in [0, 0.05) is 5.41 Å². The Morgan fingerprint density at radius 3 is 1.65 bits per heavy atom. The zero-order valence-electron chi connectivity index (χ0n) is 29.1. The molecule has 0 aliphatic rings. The van der Waals surface area contributed by atoms with Crippen LogP contribution in [0.25, 0.3) is 33.6 Å². The number of benzene rings is 2. The van der Waals surface area contributed by atoms with Gasteiger partial charge < -0.3 is 25.3 Å². The van der Waals surface area contributed by atoms with Crippen LogP contribution in [0.4, 0.5) is 4.79 Å². The number of hydrogen-bond donors (Lipinski definition) is 4. The molecule has 4 N–H and O–H groups in total. The maximum absolute atomic E-state index is 12.9. The molecule has 4 aromatic rings. The minimum absolute atomic E-state index is 0.0139. The van der Waals surface area contributed by atoms with Gasteiger partial charge in [0.25, 0.3) is 0 Å². The van der Waals surface area contributed by atoms with Crippen LogP contribution in [0.3, 0.4) is 0 Å². The fourth-order valence-corrected chi connectivity index (χ4v) is 4.94. The first-order valence-electron chi connectivity index (χ1n) is 16.0. The van der Waals surface area contributed by atoms with E-state index in [1.54, 1.807) is 6.20 Å². The van der Waals surface area contributed by atoms with Gasteiger partial charge in [-0.05, 0) is 61.8 Å². The number of carbonyl (C=O) groups is 2. The van der Waals surface area contributed by atoms with E-state index in [0.717, 1.165) is 39.5 Å². The summed E-state index contributed by atoms with van der Waals surface area (Å²) >= 11 is 0. The van der Waals surface area contributed by atoms with Gasteiger partial charge in [-0.3, -0.25) is 4.79 Å². The molecule has 0 saturated heterocycles. The van der Waals surface area contributed by atoms with Crippen molar-refractivity contribution < 1.29 is 14.3 Å². The summed E-state index contributed by atoms with van der Waals surface area (Å²) < 4.78 is 5.45. The van der Waals surface area contributed by atoms with Gasteiger partial charge in [-0.15, -0.1) is 0 Å². The molecule has 0 bridgehead atoms. The number of aromatic amines is 2. The van der Waals surface area contributed by atoms with Crippen LogP contribution in [0, 0.1) is 17.3 Å². The Bertz CT molecular complexity index is 1640. The van der Waals surface area contributed by atoms with E-state index in [9.17, 15) is 9.59 Å². The highest BCUT2D eigenvalue weighted by molar-refractivity contribution is 5.82. The number of rotatable bonds is 9. The molecule has 4 rings (SSSR count). The van der Waals surface area contributed by atoms with Gasteiger partial charge in [-0.25, -0.2) is 14.8 Å². The molecule has 0 aliphatic carbocycles. The minimum Gasteiger partial charge on any atom is -0.444 e. The van der Waals surface area contributed by atoms with Crippen LogP contribution < -0.4 is 10.6 Å². The third-order valence-corrected chi connectivity index (χ3v) is 8.23. The van der Waals surface area contributed by atoms with Crippen molar-refractivity contribution in [1.29, 1.82) is 0 Å². The van der Waals surface area contributed by atoms with Crippen molar-refractivity contribution in [3.05, 3.63) is 72.6 Å². The lowest BCUT2D eigenvalue weighted by Crippen LogP contribution is -2.51. The number of ether oxygens (including phenoxy) is 1. The lowest BCUT2D eigenvalue weighted by molar-refractivity contribution is -0.131. The molecule has 0 saturated carbocycles. The summed E-state index contributed by atoms with van der Waals surface area (Å²) in [5.74, 6) is 1.64. The maximum Gasteiger partial charge on any atom is 0.408 e. The molecule has 2 aromatic carbocycles. The predicted molar refractivity (Wildman–Crippen MR) is 184 cm³/mol. The summed E-state index contributed by atoms with van der Waals surface area (Å²) in [6.07, 6.45) is 3.16. The average Bonchev–Trinajstić information content (AvgIpc) is 3.66. The number of carbonyl (C=O) groups excluding carboxylic acids is 2. The molecule has 9 heteroatoms. The van der Waals surface area contributed by atoms with E-state index in [4.69, 9.17) is 4.74 Å². The molecule has 2 heterocycles. The van der Waals surface area contributed by atoms with Crippen LogP contribution in [0.2, 0.25) is 0 Å². The van der Waals surface area contributed by atoms with Gasteiger partial charge in [-0.1, -0.05) is 97.0 Å². The lowest BCUT2D eigenvalue weighted by atomic mass is 9.85. The molecule has 246 valence electrons. The van der Waals surface area contributed by atoms with E-state index in [2.05, 4.69) is 92.9 Å². The van der Waals surface area contributed by atoms with Crippen LogP contribution in [-0.4, -0.2) is 37.5 Å². The Hall–Kier alpha value is -4.40. The predicted octanol–water partition coefficient (Wildman–Crippen LogP) is 8.39. The van der Waals surface area contributed by atoms with Gasteiger partial charge in [0.1, 0.15) is 17.2 Å². The standard InChI is InChI=1S/C37H50N6O3/c1-22(2)30(42-34(45)46-36(8,9)10)31-38-20-28(40-31)26-16-12-24(13-17-26)25-14-18-27(19-15-25)29-21-39-32(41-29)37(11,23(3)4)43-33(44)35(5,6)7/h12-23,30H,1-11H3,(H,38,40)(H,39,41)(H,42,45)(H,43,44)/t30-,37+/m0/s1. The normalized spacial score (nSPS) is 14.2. The maximum atomic E-state index is 12.9. The number of alkyl carbamates (subject to hydrolysis) is 1. The highest BCUT2D eigenvalue weighted by Crippen LogP contribution is 2.32. The summed E-state index contributed by atoms with van der Waals surface area (Å²) in [6.45, 7) is 21.5. The molecule has 46 heavy (non-hydrogen) atoms. The third-order valence-electron chi connectivity index (χ3n) is 8.23. The summed E-state index contributed by atoms with van der Waals surface area (Å²) in [6, 6.07) is 16.3. The highest BCUT2D eigenvalue weighted by atomic mass is 16.6. The Kier molecular flexibility index (Phi) is 9.85. The average molecular weight is 627 g/mol. The molecule has 0 aliphatic heterocycles. The van der Waals surface area contributed by atoms with E-state index in [1.807, 2.05) is 68.5 Å². The number of imidazole rings is 2. The van der Waals surface area contributed by atoms with Gasteiger partial charge in [0.2, 0.25) is 5.91 Å². The first-order chi connectivity index (χ1) is 21.4. The number of hydrogen-bond acceptors (Lipinski definition) is 5. The molecular formula is C37H50N6O3. The van der Waals surface area contributed by atoms with E-state index in [0.29, 0.717) is 5.82 Å². The van der Waals surface area contributed by atoms with Crippen molar-refractivity contribution in [1.82, 2.24) is 30.6 Å². The first-order valence-corrected chi connectivity index (χ1v) is 16.0. The quantitative estimate of drug-likeness (QED) is 0.149. The summed E-state index contributed by atoms with van der Waals surface area (Å²) in [7, 11) is 0. The molecule has 2 aromatic heterocycles. The number of H-pyrrole nitrogens is 2. The molecular weight excluding hydrogens is 576 g/mol. The second-order valence-electron chi connectivity index (χ2n) is 14.9. The topological polar surface area (TPSA) is 125 Å².